The van der Waals surface area contributed by atoms with Crippen LogP contribution in [0.15, 0.2) is 12.3 Å². The van der Waals surface area contributed by atoms with Crippen LogP contribution in [-0.2, 0) is 0 Å². The Morgan fingerprint density at radius 2 is 2.00 bits per heavy atom. The molecule has 0 atom stereocenters. The highest BCUT2D eigenvalue weighted by Gasteiger charge is 2.13. The standard InChI is InChI=1S/C9H19N/c1-5-9(3,4)7-6-8(2)10/h2,5-7,10H2,1,3-4H3. The van der Waals surface area contributed by atoms with Crippen LogP contribution in [0.2, 0.25) is 0 Å². The van der Waals surface area contributed by atoms with Crippen LogP contribution in [0, 0.1) is 5.41 Å². The van der Waals surface area contributed by atoms with Gasteiger partial charge in [-0.1, -0.05) is 33.8 Å². The fourth-order valence-electron chi connectivity index (χ4n) is 0.676. The van der Waals surface area contributed by atoms with Gasteiger partial charge in [0.05, 0.1) is 0 Å². The van der Waals surface area contributed by atoms with E-state index in [-0.39, 0.29) is 0 Å². The Balaban J connectivity index is 3.56. The van der Waals surface area contributed by atoms with Crippen LogP contribution in [0.5, 0.6) is 0 Å². The van der Waals surface area contributed by atoms with Crippen molar-refractivity contribution in [1.82, 2.24) is 0 Å². The van der Waals surface area contributed by atoms with Crippen LogP contribution in [0.1, 0.15) is 40.0 Å². The largest absolute Gasteiger partial charge is 0.403 e. The minimum absolute atomic E-state index is 0.433. The van der Waals surface area contributed by atoms with E-state index in [9.17, 15) is 0 Å². The monoisotopic (exact) mass is 141 g/mol. The van der Waals surface area contributed by atoms with E-state index in [1.165, 1.54) is 6.42 Å². The predicted octanol–water partition coefficient (Wildman–Crippen LogP) is 2.68. The first-order chi connectivity index (χ1) is 4.48. The van der Waals surface area contributed by atoms with Crippen LogP contribution in [0.4, 0.5) is 0 Å². The average molecular weight is 141 g/mol. The second-order valence-corrected chi connectivity index (χ2v) is 3.68. The molecule has 0 unspecified atom stereocenters. The highest BCUT2D eigenvalue weighted by atomic mass is 14.6. The summed E-state index contributed by atoms with van der Waals surface area (Å²) in [5.74, 6) is 0. The van der Waals surface area contributed by atoms with Gasteiger partial charge in [0.1, 0.15) is 0 Å². The van der Waals surface area contributed by atoms with Crippen LogP contribution in [0.25, 0.3) is 0 Å². The molecular formula is C9H19N. The van der Waals surface area contributed by atoms with Gasteiger partial charge in [-0.3, -0.25) is 0 Å². The molecule has 0 spiro atoms. The highest BCUT2D eigenvalue weighted by molar-refractivity contribution is 4.87. The second-order valence-electron chi connectivity index (χ2n) is 3.68. The van der Waals surface area contributed by atoms with Gasteiger partial charge in [-0.2, -0.15) is 0 Å². The maximum Gasteiger partial charge on any atom is 0.000764 e. The summed E-state index contributed by atoms with van der Waals surface area (Å²) >= 11 is 0. The molecule has 0 aliphatic heterocycles. The first-order valence-electron chi connectivity index (χ1n) is 3.91. The van der Waals surface area contributed by atoms with Gasteiger partial charge in [0.25, 0.3) is 0 Å². The van der Waals surface area contributed by atoms with Crippen molar-refractivity contribution in [3.63, 3.8) is 0 Å². The Bertz CT molecular complexity index is 114. The second kappa shape index (κ2) is 3.65. The molecule has 0 radical (unpaired) electrons. The molecule has 0 heterocycles. The van der Waals surface area contributed by atoms with E-state index >= 15 is 0 Å². The number of nitrogens with two attached hydrogens (primary N) is 1. The lowest BCUT2D eigenvalue weighted by atomic mass is 9.85. The third kappa shape index (κ3) is 4.42. The van der Waals surface area contributed by atoms with Gasteiger partial charge in [-0.15, -0.1) is 0 Å². The molecule has 0 aromatic rings. The lowest BCUT2D eigenvalue weighted by Crippen LogP contribution is -2.10. The van der Waals surface area contributed by atoms with Crippen molar-refractivity contribution in [1.29, 1.82) is 0 Å². The maximum absolute atomic E-state index is 5.46. The summed E-state index contributed by atoms with van der Waals surface area (Å²) in [7, 11) is 0. The van der Waals surface area contributed by atoms with E-state index in [0.29, 0.717) is 5.41 Å². The summed E-state index contributed by atoms with van der Waals surface area (Å²) in [5, 5.41) is 0. The molecule has 0 aliphatic rings. The van der Waals surface area contributed by atoms with E-state index in [0.717, 1.165) is 18.5 Å². The number of rotatable bonds is 4. The van der Waals surface area contributed by atoms with Crippen molar-refractivity contribution in [3.8, 4) is 0 Å². The van der Waals surface area contributed by atoms with E-state index < -0.39 is 0 Å². The molecule has 60 valence electrons. The lowest BCUT2D eigenvalue weighted by Gasteiger charge is -2.21. The molecule has 0 bridgehead atoms. The first-order valence-corrected chi connectivity index (χ1v) is 3.91. The van der Waals surface area contributed by atoms with Gasteiger partial charge < -0.3 is 5.73 Å². The summed E-state index contributed by atoms with van der Waals surface area (Å²) in [6.07, 6.45) is 3.32. The third-order valence-corrected chi connectivity index (χ3v) is 2.08. The molecule has 2 N–H and O–H groups in total. The Kier molecular flexibility index (Phi) is 3.48. The van der Waals surface area contributed by atoms with Crippen LogP contribution in [-0.4, -0.2) is 0 Å². The Morgan fingerprint density at radius 1 is 1.50 bits per heavy atom. The van der Waals surface area contributed by atoms with Crippen LogP contribution in [0.3, 0.4) is 0 Å². The molecule has 0 amide bonds. The van der Waals surface area contributed by atoms with E-state index in [4.69, 9.17) is 5.73 Å². The molecule has 0 saturated carbocycles. The van der Waals surface area contributed by atoms with Crippen LogP contribution < -0.4 is 5.73 Å². The Hall–Kier alpha value is -0.460. The molecule has 0 aromatic heterocycles. The van der Waals surface area contributed by atoms with Crippen molar-refractivity contribution >= 4 is 0 Å². The van der Waals surface area contributed by atoms with Crippen molar-refractivity contribution in [2.24, 2.45) is 11.1 Å². The zero-order valence-electron chi connectivity index (χ0n) is 7.41. The van der Waals surface area contributed by atoms with E-state index in [1.54, 1.807) is 0 Å². The topological polar surface area (TPSA) is 26.0 Å². The van der Waals surface area contributed by atoms with E-state index in [1.807, 2.05) is 0 Å². The van der Waals surface area contributed by atoms with Gasteiger partial charge in [0, 0.05) is 5.70 Å². The minimum atomic E-state index is 0.433. The van der Waals surface area contributed by atoms with Gasteiger partial charge >= 0.3 is 0 Å². The summed E-state index contributed by atoms with van der Waals surface area (Å²) in [5.41, 5.74) is 6.70. The predicted molar refractivity (Wildman–Crippen MR) is 46.6 cm³/mol. The van der Waals surface area contributed by atoms with Gasteiger partial charge in [0.15, 0.2) is 0 Å². The van der Waals surface area contributed by atoms with Crippen molar-refractivity contribution in [3.05, 3.63) is 12.3 Å². The van der Waals surface area contributed by atoms with Gasteiger partial charge in [-0.25, -0.2) is 0 Å². The molecule has 0 aromatic carbocycles. The lowest BCUT2D eigenvalue weighted by molar-refractivity contribution is 0.322. The minimum Gasteiger partial charge on any atom is -0.403 e. The fraction of sp³-hybridized carbons (Fsp3) is 0.778. The zero-order chi connectivity index (χ0) is 8.20. The normalized spacial score (nSPS) is 11.5. The average Bonchev–Trinajstić information content (AvgIpc) is 1.85. The number of allylic oxidation sites excluding steroid dienone is 1. The SMILES string of the molecule is C=C(N)CCC(C)(C)CC. The zero-order valence-corrected chi connectivity index (χ0v) is 7.41. The fourth-order valence-corrected chi connectivity index (χ4v) is 0.676. The summed E-state index contributed by atoms with van der Waals surface area (Å²) in [6.45, 7) is 10.4. The van der Waals surface area contributed by atoms with Crippen molar-refractivity contribution in [2.45, 2.75) is 40.0 Å². The number of hydrogen-bond donors (Lipinski definition) is 1. The molecule has 0 aliphatic carbocycles. The van der Waals surface area contributed by atoms with E-state index in [2.05, 4.69) is 27.4 Å². The molecule has 10 heavy (non-hydrogen) atoms. The Labute approximate surface area is 64.3 Å². The summed E-state index contributed by atoms with van der Waals surface area (Å²) in [4.78, 5) is 0. The summed E-state index contributed by atoms with van der Waals surface area (Å²) < 4.78 is 0. The highest BCUT2D eigenvalue weighted by Crippen LogP contribution is 2.26. The van der Waals surface area contributed by atoms with Gasteiger partial charge in [-0.05, 0) is 18.3 Å². The van der Waals surface area contributed by atoms with Crippen molar-refractivity contribution in [2.75, 3.05) is 0 Å². The quantitative estimate of drug-likeness (QED) is 0.640. The first kappa shape index (κ1) is 9.54. The molecule has 1 nitrogen and oxygen atoms in total. The third-order valence-electron chi connectivity index (χ3n) is 2.08. The molecular weight excluding hydrogens is 122 g/mol. The van der Waals surface area contributed by atoms with Crippen LogP contribution >= 0.6 is 0 Å². The van der Waals surface area contributed by atoms with Crippen molar-refractivity contribution < 1.29 is 0 Å². The molecule has 1 heteroatoms. The molecule has 0 saturated heterocycles. The van der Waals surface area contributed by atoms with Gasteiger partial charge in [0.2, 0.25) is 0 Å². The Morgan fingerprint density at radius 3 is 2.30 bits per heavy atom. The molecule has 0 rings (SSSR count). The number of hydrogen-bond acceptors (Lipinski definition) is 1. The summed E-state index contributed by atoms with van der Waals surface area (Å²) in [6, 6.07) is 0. The smallest absolute Gasteiger partial charge is 0.000764 e. The molecule has 0 fully saturated rings. The maximum atomic E-state index is 5.46.